The maximum absolute atomic E-state index is 12.4. The fourth-order valence-corrected chi connectivity index (χ4v) is 3.72. The van der Waals surface area contributed by atoms with Crippen LogP contribution in [0.25, 0.3) is 0 Å². The summed E-state index contributed by atoms with van der Waals surface area (Å²) in [5.41, 5.74) is 0.408. The van der Waals surface area contributed by atoms with Crippen LogP contribution in [0.4, 0.5) is 5.69 Å². The molecule has 1 amide bonds. The van der Waals surface area contributed by atoms with Gasteiger partial charge in [-0.3, -0.25) is 9.10 Å². The molecule has 2 rings (SSSR count). The van der Waals surface area contributed by atoms with E-state index in [0.717, 1.165) is 10.6 Å². The Morgan fingerprint density at radius 1 is 1.00 bits per heavy atom. The van der Waals surface area contributed by atoms with Crippen LogP contribution in [0.2, 0.25) is 0 Å². The van der Waals surface area contributed by atoms with E-state index in [-0.39, 0.29) is 11.8 Å². The number of hydrogen-bond donors (Lipinski definition) is 1. The van der Waals surface area contributed by atoms with E-state index in [0.29, 0.717) is 23.7 Å². The molecule has 1 atom stereocenters. The number of ether oxygens (including phenoxy) is 1. The first kappa shape index (κ1) is 20.8. The second-order valence-corrected chi connectivity index (χ2v) is 8.64. The normalized spacial score (nSPS) is 12.5. The second kappa shape index (κ2) is 8.90. The van der Waals surface area contributed by atoms with Gasteiger partial charge in [-0.1, -0.05) is 32.0 Å². The molecule has 0 unspecified atom stereocenters. The van der Waals surface area contributed by atoms with Crippen molar-refractivity contribution in [1.29, 1.82) is 0 Å². The molecule has 0 aliphatic carbocycles. The Hall–Kier alpha value is -2.54. The molecule has 146 valence electrons. The average Bonchev–Trinajstić information content (AvgIpc) is 2.61. The summed E-state index contributed by atoms with van der Waals surface area (Å²) in [6.45, 7) is 6.02. The predicted octanol–water partition coefficient (Wildman–Crippen LogP) is 3.41. The van der Waals surface area contributed by atoms with E-state index in [1.165, 1.54) is 0 Å². The van der Waals surface area contributed by atoms with Crippen molar-refractivity contribution in [3.63, 3.8) is 0 Å². The lowest BCUT2D eigenvalue weighted by Gasteiger charge is -2.28. The van der Waals surface area contributed by atoms with Crippen molar-refractivity contribution < 1.29 is 17.9 Å². The Morgan fingerprint density at radius 3 is 2.07 bits per heavy atom. The number of hydrogen-bond acceptors (Lipinski definition) is 4. The van der Waals surface area contributed by atoms with Crippen LogP contribution in [0.5, 0.6) is 11.5 Å². The number of rotatable bonds is 8. The molecular formula is C20H26N2O4S. The Labute approximate surface area is 161 Å². The Kier molecular flexibility index (Phi) is 6.85. The molecule has 2 aromatic rings. The maximum atomic E-state index is 12.4. The molecule has 0 saturated carbocycles. The number of amides is 1. The topological polar surface area (TPSA) is 75.7 Å². The van der Waals surface area contributed by atoms with Crippen LogP contribution in [0.15, 0.2) is 54.6 Å². The standard InChI is InChI=1S/C20H26N2O4S/c1-15(2)14-21-20(23)16(3)22(27(4,24)25)17-10-12-19(13-11-17)26-18-8-6-5-7-9-18/h5-13,15-16H,14H2,1-4H3,(H,21,23)/t16-/m1/s1. The lowest BCUT2D eigenvalue weighted by molar-refractivity contribution is -0.121. The predicted molar refractivity (Wildman–Crippen MR) is 108 cm³/mol. The van der Waals surface area contributed by atoms with Gasteiger partial charge in [-0.2, -0.15) is 0 Å². The molecule has 0 bridgehead atoms. The number of benzene rings is 2. The first-order valence-corrected chi connectivity index (χ1v) is 10.6. The van der Waals surface area contributed by atoms with Gasteiger partial charge in [0, 0.05) is 6.54 Å². The molecule has 7 heteroatoms. The van der Waals surface area contributed by atoms with Crippen LogP contribution >= 0.6 is 0 Å². The molecule has 0 saturated heterocycles. The van der Waals surface area contributed by atoms with Crippen molar-refractivity contribution in [2.45, 2.75) is 26.8 Å². The highest BCUT2D eigenvalue weighted by molar-refractivity contribution is 7.92. The summed E-state index contributed by atoms with van der Waals surface area (Å²) in [5, 5.41) is 2.78. The SMILES string of the molecule is CC(C)CNC(=O)[C@@H](C)N(c1ccc(Oc2ccccc2)cc1)S(C)(=O)=O. The van der Waals surface area contributed by atoms with E-state index in [9.17, 15) is 13.2 Å². The van der Waals surface area contributed by atoms with Gasteiger partial charge in [0.25, 0.3) is 0 Å². The Bertz CT molecular complexity index is 849. The highest BCUT2D eigenvalue weighted by Gasteiger charge is 2.29. The van der Waals surface area contributed by atoms with Gasteiger partial charge in [0.05, 0.1) is 11.9 Å². The first-order valence-electron chi connectivity index (χ1n) is 8.78. The van der Waals surface area contributed by atoms with E-state index in [1.807, 2.05) is 44.2 Å². The van der Waals surface area contributed by atoms with Gasteiger partial charge >= 0.3 is 0 Å². The summed E-state index contributed by atoms with van der Waals surface area (Å²) >= 11 is 0. The van der Waals surface area contributed by atoms with Gasteiger partial charge in [-0.05, 0) is 49.2 Å². The van der Waals surface area contributed by atoms with E-state index < -0.39 is 16.1 Å². The summed E-state index contributed by atoms with van der Waals surface area (Å²) in [7, 11) is -3.64. The highest BCUT2D eigenvalue weighted by atomic mass is 32.2. The van der Waals surface area contributed by atoms with Crippen LogP contribution in [-0.2, 0) is 14.8 Å². The smallest absolute Gasteiger partial charge is 0.243 e. The van der Waals surface area contributed by atoms with Gasteiger partial charge in [-0.25, -0.2) is 8.42 Å². The van der Waals surface area contributed by atoms with Crippen molar-refractivity contribution in [2.24, 2.45) is 5.92 Å². The van der Waals surface area contributed by atoms with Gasteiger partial charge in [-0.15, -0.1) is 0 Å². The summed E-state index contributed by atoms with van der Waals surface area (Å²) in [4.78, 5) is 12.4. The van der Waals surface area contributed by atoms with E-state index in [1.54, 1.807) is 31.2 Å². The molecule has 27 heavy (non-hydrogen) atoms. The molecule has 1 N–H and O–H groups in total. The summed E-state index contributed by atoms with van der Waals surface area (Å²) in [5.74, 6) is 1.21. The quantitative estimate of drug-likeness (QED) is 0.749. The minimum absolute atomic E-state index is 0.280. The number of anilines is 1. The molecule has 0 spiro atoms. The summed E-state index contributed by atoms with van der Waals surface area (Å²) in [6.07, 6.45) is 1.09. The van der Waals surface area contributed by atoms with Gasteiger partial charge in [0.2, 0.25) is 15.9 Å². The lowest BCUT2D eigenvalue weighted by Crippen LogP contribution is -2.48. The van der Waals surface area contributed by atoms with Crippen molar-refractivity contribution in [2.75, 3.05) is 17.1 Å². The number of sulfonamides is 1. The zero-order chi connectivity index (χ0) is 20.0. The third-order valence-electron chi connectivity index (χ3n) is 3.84. The fraction of sp³-hybridized carbons (Fsp3) is 0.350. The zero-order valence-corrected chi connectivity index (χ0v) is 16.9. The Morgan fingerprint density at radius 2 is 1.56 bits per heavy atom. The maximum Gasteiger partial charge on any atom is 0.243 e. The number of nitrogens with zero attached hydrogens (tertiary/aromatic N) is 1. The summed E-state index contributed by atoms with van der Waals surface area (Å²) < 4.78 is 31.5. The van der Waals surface area contributed by atoms with Crippen molar-refractivity contribution in [1.82, 2.24) is 5.32 Å². The van der Waals surface area contributed by atoms with Crippen molar-refractivity contribution in [3.8, 4) is 11.5 Å². The van der Waals surface area contributed by atoms with Crippen LogP contribution in [0, 0.1) is 5.92 Å². The van der Waals surface area contributed by atoms with Crippen LogP contribution in [0.3, 0.4) is 0 Å². The fourth-order valence-electron chi connectivity index (χ4n) is 2.55. The number of para-hydroxylation sites is 1. The van der Waals surface area contributed by atoms with Crippen LogP contribution in [0.1, 0.15) is 20.8 Å². The molecule has 0 aliphatic rings. The zero-order valence-electron chi connectivity index (χ0n) is 16.0. The van der Waals surface area contributed by atoms with E-state index in [2.05, 4.69) is 5.32 Å². The Balaban J connectivity index is 2.20. The molecule has 0 heterocycles. The third kappa shape index (κ3) is 5.99. The monoisotopic (exact) mass is 390 g/mol. The minimum atomic E-state index is -3.64. The van der Waals surface area contributed by atoms with Crippen molar-refractivity contribution >= 4 is 21.6 Å². The molecule has 2 aromatic carbocycles. The minimum Gasteiger partial charge on any atom is -0.457 e. The number of carbonyl (C=O) groups excluding carboxylic acids is 1. The van der Waals surface area contributed by atoms with E-state index in [4.69, 9.17) is 4.74 Å². The van der Waals surface area contributed by atoms with Gasteiger partial charge in [0.15, 0.2) is 0 Å². The number of carbonyl (C=O) groups is 1. The number of nitrogens with one attached hydrogen (secondary N) is 1. The highest BCUT2D eigenvalue weighted by Crippen LogP contribution is 2.26. The summed E-state index contributed by atoms with van der Waals surface area (Å²) in [6, 6.07) is 15.1. The largest absolute Gasteiger partial charge is 0.457 e. The molecule has 0 aromatic heterocycles. The van der Waals surface area contributed by atoms with Gasteiger partial charge in [0.1, 0.15) is 17.5 Å². The molecule has 0 fully saturated rings. The van der Waals surface area contributed by atoms with Gasteiger partial charge < -0.3 is 10.1 Å². The average molecular weight is 391 g/mol. The molecule has 0 radical (unpaired) electrons. The van der Waals surface area contributed by atoms with Crippen molar-refractivity contribution in [3.05, 3.63) is 54.6 Å². The van der Waals surface area contributed by atoms with Crippen LogP contribution < -0.4 is 14.4 Å². The third-order valence-corrected chi connectivity index (χ3v) is 5.08. The lowest BCUT2D eigenvalue weighted by atomic mass is 10.2. The molecule has 0 aliphatic heterocycles. The first-order chi connectivity index (χ1) is 12.7. The molecular weight excluding hydrogens is 364 g/mol. The van der Waals surface area contributed by atoms with E-state index >= 15 is 0 Å². The molecule has 6 nitrogen and oxygen atoms in total. The van der Waals surface area contributed by atoms with Crippen LogP contribution in [-0.4, -0.2) is 33.2 Å². The second-order valence-electron chi connectivity index (χ2n) is 6.78.